The van der Waals surface area contributed by atoms with Crippen LogP contribution in [-0.4, -0.2) is 16.9 Å². The summed E-state index contributed by atoms with van der Waals surface area (Å²) in [6.07, 6.45) is 2.08. The Hall–Kier alpha value is -2.82. The minimum atomic E-state index is -0.301. The highest BCUT2D eigenvalue weighted by Crippen LogP contribution is 2.25. The molecule has 0 radical (unpaired) electrons. The molecule has 24 heavy (non-hydrogen) atoms. The van der Waals surface area contributed by atoms with E-state index in [1.165, 1.54) is 18.2 Å². The number of carbonyl (C=O) groups excluding carboxylic acids is 2. The van der Waals surface area contributed by atoms with Crippen LogP contribution < -0.4 is 10.6 Å². The summed E-state index contributed by atoms with van der Waals surface area (Å²) in [6, 6.07) is 11.9. The topological polar surface area (TPSA) is 78.4 Å². The second kappa shape index (κ2) is 8.15. The lowest BCUT2D eigenvalue weighted by Gasteiger charge is -2.10. The number of phenols is 1. The van der Waals surface area contributed by atoms with E-state index in [4.69, 9.17) is 0 Å². The Kier molecular flexibility index (Phi) is 5.95. The predicted molar refractivity (Wildman–Crippen MR) is 95.4 cm³/mol. The van der Waals surface area contributed by atoms with Gasteiger partial charge in [-0.05, 0) is 49.2 Å². The van der Waals surface area contributed by atoms with Crippen LogP contribution in [0.4, 0.5) is 11.4 Å². The maximum absolute atomic E-state index is 12.3. The number of rotatable bonds is 6. The van der Waals surface area contributed by atoms with E-state index in [2.05, 4.69) is 10.6 Å². The molecular formula is C19H22N2O3. The molecule has 2 aromatic rings. The number of hydrogen-bond acceptors (Lipinski definition) is 3. The third kappa shape index (κ3) is 4.84. The molecule has 5 heteroatoms. The Balaban J connectivity index is 2.11. The van der Waals surface area contributed by atoms with Crippen molar-refractivity contribution in [3.8, 4) is 5.75 Å². The van der Waals surface area contributed by atoms with Gasteiger partial charge in [0.25, 0.3) is 5.91 Å². The highest BCUT2D eigenvalue weighted by molar-refractivity contribution is 6.05. The van der Waals surface area contributed by atoms with Crippen LogP contribution in [0.2, 0.25) is 0 Å². The number of anilines is 2. The maximum Gasteiger partial charge on any atom is 0.255 e. The number of hydrogen-bond donors (Lipinski definition) is 3. The van der Waals surface area contributed by atoms with E-state index >= 15 is 0 Å². The summed E-state index contributed by atoms with van der Waals surface area (Å²) in [5.41, 5.74) is 2.34. The maximum atomic E-state index is 12.3. The molecule has 0 spiro atoms. The molecule has 0 atom stereocenters. The number of benzene rings is 2. The van der Waals surface area contributed by atoms with Crippen LogP contribution in [0.1, 0.15) is 42.1 Å². The summed E-state index contributed by atoms with van der Waals surface area (Å²) in [6.45, 7) is 3.95. The molecule has 2 aromatic carbocycles. The second-order valence-corrected chi connectivity index (χ2v) is 5.71. The molecule has 126 valence electrons. The molecule has 0 saturated heterocycles. The Morgan fingerprint density at radius 1 is 1.08 bits per heavy atom. The van der Waals surface area contributed by atoms with Crippen molar-refractivity contribution in [3.63, 3.8) is 0 Å². The standard InChI is InChI=1S/C19H22N2O3/c1-3-4-8-18(23)21-16-12-14(9-10-17(16)22)19(24)20-15-7-5-6-13(2)11-15/h5-7,9-12,22H,3-4,8H2,1-2H3,(H,20,24)(H,21,23). The molecule has 2 rings (SSSR count). The first-order valence-electron chi connectivity index (χ1n) is 8.00. The van der Waals surface area contributed by atoms with Gasteiger partial charge >= 0.3 is 0 Å². The number of phenolic OH excluding ortho intramolecular Hbond substituents is 1. The van der Waals surface area contributed by atoms with Gasteiger partial charge < -0.3 is 15.7 Å². The number of carbonyl (C=O) groups is 2. The molecule has 0 aliphatic heterocycles. The molecule has 0 aromatic heterocycles. The van der Waals surface area contributed by atoms with Crippen molar-refractivity contribution in [3.05, 3.63) is 53.6 Å². The average Bonchev–Trinajstić information content (AvgIpc) is 2.55. The highest BCUT2D eigenvalue weighted by Gasteiger charge is 2.12. The van der Waals surface area contributed by atoms with Crippen LogP contribution in [0, 0.1) is 6.92 Å². The summed E-state index contributed by atoms with van der Waals surface area (Å²) in [7, 11) is 0. The first kappa shape index (κ1) is 17.5. The minimum Gasteiger partial charge on any atom is -0.506 e. The molecule has 5 nitrogen and oxygen atoms in total. The first-order chi connectivity index (χ1) is 11.5. The van der Waals surface area contributed by atoms with Gasteiger partial charge in [0.1, 0.15) is 5.75 Å². The average molecular weight is 326 g/mol. The van der Waals surface area contributed by atoms with Gasteiger partial charge in [-0.1, -0.05) is 25.5 Å². The monoisotopic (exact) mass is 326 g/mol. The Bertz CT molecular complexity index is 741. The van der Waals surface area contributed by atoms with E-state index < -0.39 is 0 Å². The van der Waals surface area contributed by atoms with Gasteiger partial charge in [-0.3, -0.25) is 9.59 Å². The smallest absolute Gasteiger partial charge is 0.255 e. The fourth-order valence-corrected chi connectivity index (χ4v) is 2.25. The lowest BCUT2D eigenvalue weighted by atomic mass is 10.1. The Morgan fingerprint density at radius 2 is 1.88 bits per heavy atom. The summed E-state index contributed by atoms with van der Waals surface area (Å²) in [5, 5.41) is 15.3. The highest BCUT2D eigenvalue weighted by atomic mass is 16.3. The molecule has 3 N–H and O–H groups in total. The largest absolute Gasteiger partial charge is 0.506 e. The van der Waals surface area contributed by atoms with Gasteiger partial charge in [-0.15, -0.1) is 0 Å². The quantitative estimate of drug-likeness (QED) is 0.700. The number of nitrogens with one attached hydrogen (secondary N) is 2. The molecule has 0 aliphatic carbocycles. The summed E-state index contributed by atoms with van der Waals surface area (Å²) in [4.78, 5) is 24.2. The second-order valence-electron chi connectivity index (χ2n) is 5.71. The number of amides is 2. The van der Waals surface area contributed by atoms with Crippen molar-refractivity contribution in [1.82, 2.24) is 0 Å². The van der Waals surface area contributed by atoms with Gasteiger partial charge in [0.2, 0.25) is 5.91 Å². The van der Waals surface area contributed by atoms with Crippen LogP contribution >= 0.6 is 0 Å². The normalized spacial score (nSPS) is 10.2. The summed E-state index contributed by atoms with van der Waals surface area (Å²) >= 11 is 0. The zero-order valence-electron chi connectivity index (χ0n) is 13.9. The third-order valence-electron chi connectivity index (χ3n) is 3.57. The van der Waals surface area contributed by atoms with E-state index in [1.807, 2.05) is 32.0 Å². The minimum absolute atomic E-state index is 0.0630. The Labute approximate surface area is 141 Å². The lowest BCUT2D eigenvalue weighted by molar-refractivity contribution is -0.116. The first-order valence-corrected chi connectivity index (χ1v) is 8.00. The Morgan fingerprint density at radius 3 is 2.58 bits per heavy atom. The van der Waals surface area contributed by atoms with Crippen LogP contribution in [0.25, 0.3) is 0 Å². The van der Waals surface area contributed by atoms with E-state index in [-0.39, 0.29) is 23.3 Å². The van der Waals surface area contributed by atoms with E-state index in [9.17, 15) is 14.7 Å². The molecule has 0 bridgehead atoms. The predicted octanol–water partition coefficient (Wildman–Crippen LogP) is 4.08. The zero-order chi connectivity index (χ0) is 17.5. The molecule has 0 heterocycles. The van der Waals surface area contributed by atoms with Gasteiger partial charge in [-0.2, -0.15) is 0 Å². The fraction of sp³-hybridized carbons (Fsp3) is 0.263. The van der Waals surface area contributed by atoms with Crippen molar-refractivity contribution in [1.29, 1.82) is 0 Å². The molecule has 0 aliphatic rings. The van der Waals surface area contributed by atoms with E-state index in [0.29, 0.717) is 17.7 Å². The van der Waals surface area contributed by atoms with Gasteiger partial charge in [-0.25, -0.2) is 0 Å². The van der Waals surface area contributed by atoms with Gasteiger partial charge in [0.05, 0.1) is 5.69 Å². The van der Waals surface area contributed by atoms with Gasteiger partial charge in [0, 0.05) is 17.7 Å². The number of aryl methyl sites for hydroxylation is 1. The molecule has 0 unspecified atom stereocenters. The lowest BCUT2D eigenvalue weighted by Crippen LogP contribution is -2.14. The number of aromatic hydroxyl groups is 1. The fourth-order valence-electron chi connectivity index (χ4n) is 2.25. The van der Waals surface area contributed by atoms with Gasteiger partial charge in [0.15, 0.2) is 0 Å². The van der Waals surface area contributed by atoms with Crippen molar-refractivity contribution in [2.24, 2.45) is 0 Å². The summed E-state index contributed by atoms with van der Waals surface area (Å²) in [5.74, 6) is -0.542. The van der Waals surface area contributed by atoms with Crippen LogP contribution in [-0.2, 0) is 4.79 Å². The van der Waals surface area contributed by atoms with Crippen LogP contribution in [0.3, 0.4) is 0 Å². The third-order valence-corrected chi connectivity index (χ3v) is 3.57. The van der Waals surface area contributed by atoms with E-state index in [1.54, 1.807) is 6.07 Å². The van der Waals surface area contributed by atoms with E-state index in [0.717, 1.165) is 18.4 Å². The van der Waals surface area contributed by atoms with Crippen LogP contribution in [0.15, 0.2) is 42.5 Å². The molecule has 0 saturated carbocycles. The number of unbranched alkanes of at least 4 members (excludes halogenated alkanes) is 1. The van der Waals surface area contributed by atoms with Crippen molar-refractivity contribution < 1.29 is 14.7 Å². The molecule has 2 amide bonds. The van der Waals surface area contributed by atoms with Crippen molar-refractivity contribution in [2.75, 3.05) is 10.6 Å². The summed E-state index contributed by atoms with van der Waals surface area (Å²) < 4.78 is 0. The van der Waals surface area contributed by atoms with Crippen LogP contribution in [0.5, 0.6) is 5.75 Å². The molecular weight excluding hydrogens is 304 g/mol. The molecule has 0 fully saturated rings. The van der Waals surface area contributed by atoms with Crippen molar-refractivity contribution >= 4 is 23.2 Å². The zero-order valence-corrected chi connectivity index (χ0v) is 13.9. The van der Waals surface area contributed by atoms with Crippen molar-refractivity contribution in [2.45, 2.75) is 33.1 Å². The SMILES string of the molecule is CCCCC(=O)Nc1cc(C(=O)Nc2cccc(C)c2)ccc1O.